The van der Waals surface area contributed by atoms with Crippen molar-refractivity contribution in [2.45, 2.75) is 44.4 Å². The molecule has 2 aromatic carbocycles. The van der Waals surface area contributed by atoms with Gasteiger partial charge < -0.3 is 5.73 Å². The first-order valence-electron chi connectivity index (χ1n) is 8.16. The SMILES string of the molecule is Cc1c(C)c(C)c(S(=O)(=O)Nc2ccccc2SCC(N)=O)c(C)c1C. The van der Waals surface area contributed by atoms with Gasteiger partial charge in [0.05, 0.1) is 16.3 Å². The number of hydrogen-bond donors (Lipinski definition) is 2. The molecule has 0 fully saturated rings. The molecule has 2 aromatic rings. The lowest BCUT2D eigenvalue weighted by Gasteiger charge is -2.20. The molecule has 3 N–H and O–H groups in total. The number of anilines is 1. The number of thioether (sulfide) groups is 1. The van der Waals surface area contributed by atoms with Crippen LogP contribution in [0.15, 0.2) is 34.1 Å². The Morgan fingerprint density at radius 2 is 1.46 bits per heavy atom. The van der Waals surface area contributed by atoms with Crippen molar-refractivity contribution in [1.82, 2.24) is 0 Å². The van der Waals surface area contributed by atoms with E-state index in [-0.39, 0.29) is 5.75 Å². The minimum absolute atomic E-state index is 0.0829. The Kier molecular flexibility index (Phi) is 6.03. The molecule has 1 amide bonds. The third kappa shape index (κ3) is 4.04. The molecular weight excluding hydrogens is 368 g/mol. The number of amides is 1. The highest BCUT2D eigenvalue weighted by molar-refractivity contribution is 8.00. The van der Waals surface area contributed by atoms with Crippen molar-refractivity contribution in [1.29, 1.82) is 0 Å². The van der Waals surface area contributed by atoms with E-state index in [1.54, 1.807) is 24.3 Å². The zero-order valence-corrected chi connectivity index (χ0v) is 17.3. The van der Waals surface area contributed by atoms with E-state index in [0.29, 0.717) is 15.5 Å². The maximum atomic E-state index is 13.1. The molecule has 0 spiro atoms. The van der Waals surface area contributed by atoms with Crippen LogP contribution in [0, 0.1) is 34.6 Å². The third-order valence-corrected chi connectivity index (χ3v) is 7.44. The van der Waals surface area contributed by atoms with Gasteiger partial charge in [-0.3, -0.25) is 9.52 Å². The molecule has 140 valence electrons. The van der Waals surface area contributed by atoms with Gasteiger partial charge in [0.2, 0.25) is 5.91 Å². The third-order valence-electron chi connectivity index (χ3n) is 4.70. The largest absolute Gasteiger partial charge is 0.369 e. The van der Waals surface area contributed by atoms with Gasteiger partial charge in [0.1, 0.15) is 0 Å². The number of rotatable bonds is 6. The molecule has 0 bridgehead atoms. The quantitative estimate of drug-likeness (QED) is 0.735. The second kappa shape index (κ2) is 7.72. The Bertz CT molecular complexity index is 938. The van der Waals surface area contributed by atoms with E-state index in [9.17, 15) is 13.2 Å². The first-order chi connectivity index (χ1) is 12.1. The van der Waals surface area contributed by atoms with Gasteiger partial charge in [0.15, 0.2) is 0 Å². The Hall–Kier alpha value is -1.99. The van der Waals surface area contributed by atoms with Crippen LogP contribution in [-0.2, 0) is 14.8 Å². The number of carbonyl (C=O) groups is 1. The van der Waals surface area contributed by atoms with E-state index in [1.807, 2.05) is 34.6 Å². The molecule has 0 aliphatic rings. The molecular formula is C19H24N2O3S2. The van der Waals surface area contributed by atoms with Crippen molar-refractivity contribution in [3.63, 3.8) is 0 Å². The maximum Gasteiger partial charge on any atom is 0.262 e. The van der Waals surface area contributed by atoms with Gasteiger partial charge in [-0.15, -0.1) is 11.8 Å². The predicted molar refractivity (Wildman–Crippen MR) is 107 cm³/mol. The second-order valence-electron chi connectivity index (χ2n) is 6.31. The van der Waals surface area contributed by atoms with Crippen LogP contribution in [0.3, 0.4) is 0 Å². The fourth-order valence-corrected chi connectivity index (χ4v) is 5.38. The van der Waals surface area contributed by atoms with Crippen molar-refractivity contribution >= 4 is 33.4 Å². The average molecular weight is 393 g/mol. The summed E-state index contributed by atoms with van der Waals surface area (Å²) in [5.74, 6) is -0.372. The average Bonchev–Trinajstić information content (AvgIpc) is 2.57. The number of nitrogens with two attached hydrogens (primary N) is 1. The topological polar surface area (TPSA) is 89.3 Å². The number of benzene rings is 2. The van der Waals surface area contributed by atoms with Gasteiger partial charge in [0, 0.05) is 4.90 Å². The molecule has 0 saturated heterocycles. The fraction of sp³-hybridized carbons (Fsp3) is 0.316. The van der Waals surface area contributed by atoms with E-state index in [0.717, 1.165) is 27.8 Å². The van der Waals surface area contributed by atoms with Crippen molar-refractivity contribution in [2.24, 2.45) is 5.73 Å². The van der Waals surface area contributed by atoms with Gasteiger partial charge in [-0.2, -0.15) is 0 Å². The summed E-state index contributed by atoms with van der Waals surface area (Å²) in [6.45, 7) is 9.54. The summed E-state index contributed by atoms with van der Waals surface area (Å²) in [4.78, 5) is 12.0. The number of para-hydroxylation sites is 1. The number of hydrogen-bond acceptors (Lipinski definition) is 4. The normalized spacial score (nSPS) is 11.4. The summed E-state index contributed by atoms with van der Waals surface area (Å²) >= 11 is 1.21. The van der Waals surface area contributed by atoms with E-state index in [1.165, 1.54) is 11.8 Å². The molecule has 0 heterocycles. The minimum Gasteiger partial charge on any atom is -0.369 e. The van der Waals surface area contributed by atoms with Crippen LogP contribution in [0.1, 0.15) is 27.8 Å². The summed E-state index contributed by atoms with van der Waals surface area (Å²) < 4.78 is 29.0. The minimum atomic E-state index is -3.78. The van der Waals surface area contributed by atoms with Gasteiger partial charge in [-0.25, -0.2) is 8.42 Å². The number of primary amides is 1. The van der Waals surface area contributed by atoms with Crippen LogP contribution in [0.5, 0.6) is 0 Å². The van der Waals surface area contributed by atoms with E-state index in [4.69, 9.17) is 5.73 Å². The van der Waals surface area contributed by atoms with Crippen molar-refractivity contribution < 1.29 is 13.2 Å². The van der Waals surface area contributed by atoms with Crippen molar-refractivity contribution in [2.75, 3.05) is 10.5 Å². The predicted octanol–water partition coefficient (Wildman–Crippen LogP) is 3.61. The molecule has 0 aliphatic carbocycles. The summed E-state index contributed by atoms with van der Waals surface area (Å²) in [6.07, 6.45) is 0. The van der Waals surface area contributed by atoms with Crippen molar-refractivity contribution in [3.05, 3.63) is 52.1 Å². The Labute approximate surface area is 159 Å². The van der Waals surface area contributed by atoms with Crippen LogP contribution >= 0.6 is 11.8 Å². The number of sulfonamides is 1. The van der Waals surface area contributed by atoms with Crippen LogP contribution in [0.2, 0.25) is 0 Å². The van der Waals surface area contributed by atoms with E-state index < -0.39 is 15.9 Å². The molecule has 0 aliphatic heterocycles. The molecule has 0 radical (unpaired) electrons. The molecule has 5 nitrogen and oxygen atoms in total. The summed E-state index contributed by atoms with van der Waals surface area (Å²) in [5, 5.41) is 0. The second-order valence-corrected chi connectivity index (χ2v) is 8.95. The summed E-state index contributed by atoms with van der Waals surface area (Å²) in [6, 6.07) is 6.98. The first-order valence-corrected chi connectivity index (χ1v) is 10.6. The fourth-order valence-electron chi connectivity index (χ4n) is 2.89. The summed E-state index contributed by atoms with van der Waals surface area (Å²) in [7, 11) is -3.78. The number of nitrogens with one attached hydrogen (secondary N) is 1. The standard InChI is InChI=1S/C19H24N2O3S2/c1-11-12(2)14(4)19(15(5)13(11)3)26(23,24)21-16-8-6-7-9-17(16)25-10-18(20)22/h6-9,21H,10H2,1-5H3,(H2,20,22). The molecule has 0 aromatic heterocycles. The summed E-state index contributed by atoms with van der Waals surface area (Å²) in [5.41, 5.74) is 10.2. The Morgan fingerprint density at radius 1 is 0.962 bits per heavy atom. The molecule has 0 unspecified atom stereocenters. The smallest absolute Gasteiger partial charge is 0.262 e. The highest BCUT2D eigenvalue weighted by Crippen LogP contribution is 2.33. The lowest BCUT2D eigenvalue weighted by atomic mass is 9.95. The van der Waals surface area contributed by atoms with Crippen LogP contribution in [-0.4, -0.2) is 20.1 Å². The number of carbonyl (C=O) groups excluding carboxylic acids is 1. The Balaban J connectivity index is 2.51. The molecule has 0 saturated carbocycles. The van der Waals surface area contributed by atoms with Gasteiger partial charge in [-0.05, 0) is 74.6 Å². The zero-order valence-electron chi connectivity index (χ0n) is 15.6. The lowest BCUT2D eigenvalue weighted by Crippen LogP contribution is -2.18. The van der Waals surface area contributed by atoms with E-state index >= 15 is 0 Å². The van der Waals surface area contributed by atoms with Crippen LogP contribution in [0.25, 0.3) is 0 Å². The van der Waals surface area contributed by atoms with Crippen LogP contribution < -0.4 is 10.5 Å². The van der Waals surface area contributed by atoms with Crippen LogP contribution in [0.4, 0.5) is 5.69 Å². The Morgan fingerprint density at radius 3 is 2.00 bits per heavy atom. The lowest BCUT2D eigenvalue weighted by molar-refractivity contribution is -0.115. The molecule has 2 rings (SSSR count). The first kappa shape index (κ1) is 20.3. The van der Waals surface area contributed by atoms with E-state index in [2.05, 4.69) is 4.72 Å². The highest BCUT2D eigenvalue weighted by Gasteiger charge is 2.24. The van der Waals surface area contributed by atoms with Crippen molar-refractivity contribution in [3.8, 4) is 0 Å². The molecule has 26 heavy (non-hydrogen) atoms. The van der Waals surface area contributed by atoms with Gasteiger partial charge >= 0.3 is 0 Å². The molecule has 0 atom stereocenters. The molecule has 7 heteroatoms. The van der Waals surface area contributed by atoms with Gasteiger partial charge in [-0.1, -0.05) is 12.1 Å². The highest BCUT2D eigenvalue weighted by atomic mass is 32.2. The van der Waals surface area contributed by atoms with Gasteiger partial charge in [0.25, 0.3) is 10.0 Å². The maximum absolute atomic E-state index is 13.1. The monoisotopic (exact) mass is 392 g/mol. The zero-order chi connectivity index (χ0) is 19.6.